The Hall–Kier alpha value is -1.14. The normalized spacial score (nSPS) is 12.6. The summed E-state index contributed by atoms with van der Waals surface area (Å²) >= 11 is 3.35. The number of hydrogen-bond acceptors (Lipinski definition) is 4. The summed E-state index contributed by atoms with van der Waals surface area (Å²) < 4.78 is 0.680. The molecule has 1 aromatic rings. The Morgan fingerprint density at radius 1 is 1.50 bits per heavy atom. The number of nitrogens with two attached hydrogens (primary N) is 1. The van der Waals surface area contributed by atoms with Crippen LogP contribution in [0.5, 0.6) is 0 Å². The molecule has 0 saturated carbocycles. The Labute approximate surface area is 115 Å². The quantitative estimate of drug-likeness (QED) is 0.646. The first-order valence-electron chi connectivity index (χ1n) is 5.78. The van der Waals surface area contributed by atoms with Crippen molar-refractivity contribution in [3.05, 3.63) is 32.3 Å². The first-order valence-corrected chi connectivity index (χ1v) is 6.57. The summed E-state index contributed by atoms with van der Waals surface area (Å²) in [7, 11) is 0. The molecular formula is C12H18BrN3O2. The Kier molecular flexibility index (Phi) is 5.10. The number of rotatable bonds is 5. The highest BCUT2D eigenvalue weighted by Gasteiger charge is 2.17. The second-order valence-corrected chi connectivity index (χ2v) is 5.46. The van der Waals surface area contributed by atoms with Crippen LogP contribution in [0.4, 0.5) is 11.4 Å². The molecule has 1 rings (SSSR count). The summed E-state index contributed by atoms with van der Waals surface area (Å²) in [6.45, 7) is 6.40. The zero-order valence-corrected chi connectivity index (χ0v) is 12.3. The average molecular weight is 316 g/mol. The second kappa shape index (κ2) is 6.15. The number of nitrogens with zero attached hydrogens (tertiary/aromatic N) is 1. The summed E-state index contributed by atoms with van der Waals surface area (Å²) in [5.41, 5.74) is 7.28. The SMILES string of the molecule is Cc1cc(NC(CN)C(C)C)c(Br)cc1[N+](=O)[O-]. The topological polar surface area (TPSA) is 81.2 Å². The number of nitro groups is 1. The lowest BCUT2D eigenvalue weighted by Crippen LogP contribution is -2.33. The monoisotopic (exact) mass is 315 g/mol. The fraction of sp³-hybridized carbons (Fsp3) is 0.500. The number of nitrogens with one attached hydrogen (secondary N) is 1. The minimum absolute atomic E-state index is 0.112. The van der Waals surface area contributed by atoms with Gasteiger partial charge in [0.1, 0.15) is 0 Å². The predicted molar refractivity (Wildman–Crippen MR) is 76.8 cm³/mol. The summed E-state index contributed by atoms with van der Waals surface area (Å²) in [5, 5.41) is 14.1. The number of aryl methyl sites for hydroxylation is 1. The van der Waals surface area contributed by atoms with Crippen molar-refractivity contribution in [1.29, 1.82) is 0 Å². The van der Waals surface area contributed by atoms with Gasteiger partial charge in [0, 0.05) is 34.4 Å². The molecule has 0 aliphatic heterocycles. The van der Waals surface area contributed by atoms with Crippen molar-refractivity contribution in [3.8, 4) is 0 Å². The fourth-order valence-electron chi connectivity index (χ4n) is 1.68. The van der Waals surface area contributed by atoms with E-state index in [1.54, 1.807) is 13.0 Å². The number of benzene rings is 1. The first-order chi connectivity index (χ1) is 8.36. The van der Waals surface area contributed by atoms with Gasteiger partial charge in [0.2, 0.25) is 0 Å². The van der Waals surface area contributed by atoms with Crippen molar-refractivity contribution in [2.24, 2.45) is 11.7 Å². The highest BCUT2D eigenvalue weighted by atomic mass is 79.9. The maximum Gasteiger partial charge on any atom is 0.273 e. The van der Waals surface area contributed by atoms with Crippen LogP contribution in [0.2, 0.25) is 0 Å². The molecule has 0 aliphatic carbocycles. The molecule has 100 valence electrons. The lowest BCUT2D eigenvalue weighted by molar-refractivity contribution is -0.385. The van der Waals surface area contributed by atoms with Crippen molar-refractivity contribution in [1.82, 2.24) is 0 Å². The fourth-order valence-corrected chi connectivity index (χ4v) is 2.12. The van der Waals surface area contributed by atoms with Gasteiger partial charge in [-0.3, -0.25) is 10.1 Å². The third-order valence-corrected chi connectivity index (χ3v) is 3.54. The van der Waals surface area contributed by atoms with Gasteiger partial charge in [-0.1, -0.05) is 13.8 Å². The molecule has 0 saturated heterocycles. The lowest BCUT2D eigenvalue weighted by Gasteiger charge is -2.22. The molecule has 0 spiro atoms. The summed E-state index contributed by atoms with van der Waals surface area (Å²) in [4.78, 5) is 10.4. The largest absolute Gasteiger partial charge is 0.380 e. The van der Waals surface area contributed by atoms with Crippen LogP contribution in [-0.2, 0) is 0 Å². The van der Waals surface area contributed by atoms with Gasteiger partial charge in [0.05, 0.1) is 4.92 Å². The smallest absolute Gasteiger partial charge is 0.273 e. The average Bonchev–Trinajstić information content (AvgIpc) is 2.28. The maximum atomic E-state index is 10.8. The highest BCUT2D eigenvalue weighted by Crippen LogP contribution is 2.31. The molecule has 0 fully saturated rings. The Morgan fingerprint density at radius 2 is 2.11 bits per heavy atom. The minimum atomic E-state index is -0.382. The van der Waals surface area contributed by atoms with E-state index in [9.17, 15) is 10.1 Å². The summed E-state index contributed by atoms with van der Waals surface area (Å²) in [5.74, 6) is 0.386. The Bertz CT molecular complexity index is 449. The Morgan fingerprint density at radius 3 is 2.56 bits per heavy atom. The van der Waals surface area contributed by atoms with Gasteiger partial charge in [-0.2, -0.15) is 0 Å². The van der Waals surface area contributed by atoms with Crippen LogP contribution >= 0.6 is 15.9 Å². The molecule has 6 heteroatoms. The number of nitro benzene ring substituents is 1. The first kappa shape index (κ1) is 14.9. The second-order valence-electron chi connectivity index (χ2n) is 4.61. The van der Waals surface area contributed by atoms with Crippen molar-refractivity contribution in [3.63, 3.8) is 0 Å². The molecule has 0 aliphatic rings. The van der Waals surface area contributed by atoms with E-state index in [1.807, 2.05) is 0 Å². The molecular weight excluding hydrogens is 298 g/mol. The molecule has 3 N–H and O–H groups in total. The van der Waals surface area contributed by atoms with E-state index in [0.717, 1.165) is 5.69 Å². The minimum Gasteiger partial charge on any atom is -0.380 e. The third-order valence-electron chi connectivity index (χ3n) is 2.88. The van der Waals surface area contributed by atoms with Gasteiger partial charge < -0.3 is 11.1 Å². The standard InChI is InChI=1S/C12H18BrN3O2/c1-7(2)11(6-14)15-10-4-8(3)12(16(17)18)5-9(10)13/h4-5,7,11,15H,6,14H2,1-3H3. The molecule has 0 heterocycles. The molecule has 18 heavy (non-hydrogen) atoms. The predicted octanol–water partition coefficient (Wildman–Crippen LogP) is 3.06. The van der Waals surface area contributed by atoms with Crippen LogP contribution in [0.1, 0.15) is 19.4 Å². The number of anilines is 1. The number of halogens is 1. The van der Waals surface area contributed by atoms with Crippen LogP contribution in [0.25, 0.3) is 0 Å². The highest BCUT2D eigenvalue weighted by molar-refractivity contribution is 9.10. The van der Waals surface area contributed by atoms with E-state index in [0.29, 0.717) is 22.5 Å². The number of hydrogen-bond donors (Lipinski definition) is 2. The Balaban J connectivity index is 3.04. The molecule has 1 aromatic carbocycles. The van der Waals surface area contributed by atoms with Crippen LogP contribution in [-0.4, -0.2) is 17.5 Å². The van der Waals surface area contributed by atoms with Crippen LogP contribution in [0.3, 0.4) is 0 Å². The van der Waals surface area contributed by atoms with E-state index in [2.05, 4.69) is 35.1 Å². The van der Waals surface area contributed by atoms with E-state index >= 15 is 0 Å². The molecule has 0 amide bonds. The molecule has 1 unspecified atom stereocenters. The van der Waals surface area contributed by atoms with Crippen molar-refractivity contribution < 1.29 is 4.92 Å². The van der Waals surface area contributed by atoms with E-state index in [-0.39, 0.29) is 16.7 Å². The van der Waals surface area contributed by atoms with Gasteiger partial charge in [0.25, 0.3) is 5.69 Å². The molecule has 0 bridgehead atoms. The van der Waals surface area contributed by atoms with Crippen molar-refractivity contribution in [2.45, 2.75) is 26.8 Å². The zero-order chi connectivity index (χ0) is 13.9. The van der Waals surface area contributed by atoms with Crippen molar-refractivity contribution in [2.75, 3.05) is 11.9 Å². The van der Waals surface area contributed by atoms with Gasteiger partial charge >= 0.3 is 0 Å². The van der Waals surface area contributed by atoms with Gasteiger partial charge in [-0.25, -0.2) is 0 Å². The lowest BCUT2D eigenvalue weighted by atomic mass is 10.0. The molecule has 1 atom stereocenters. The summed E-state index contributed by atoms with van der Waals surface area (Å²) in [6.07, 6.45) is 0. The van der Waals surface area contributed by atoms with E-state index in [4.69, 9.17) is 5.73 Å². The molecule has 0 radical (unpaired) electrons. The van der Waals surface area contributed by atoms with E-state index in [1.165, 1.54) is 6.07 Å². The van der Waals surface area contributed by atoms with Crippen LogP contribution < -0.4 is 11.1 Å². The van der Waals surface area contributed by atoms with Gasteiger partial charge in [0.15, 0.2) is 0 Å². The van der Waals surface area contributed by atoms with Gasteiger partial charge in [-0.15, -0.1) is 0 Å². The molecule has 0 aromatic heterocycles. The van der Waals surface area contributed by atoms with Gasteiger partial charge in [-0.05, 0) is 34.8 Å². The van der Waals surface area contributed by atoms with Crippen LogP contribution in [0.15, 0.2) is 16.6 Å². The third kappa shape index (κ3) is 3.43. The maximum absolute atomic E-state index is 10.8. The van der Waals surface area contributed by atoms with Crippen molar-refractivity contribution >= 4 is 27.3 Å². The molecule has 5 nitrogen and oxygen atoms in total. The zero-order valence-electron chi connectivity index (χ0n) is 10.7. The summed E-state index contributed by atoms with van der Waals surface area (Å²) in [6, 6.07) is 3.43. The van der Waals surface area contributed by atoms with E-state index < -0.39 is 0 Å². The van der Waals surface area contributed by atoms with Crippen LogP contribution in [0, 0.1) is 23.0 Å².